The van der Waals surface area contributed by atoms with Gasteiger partial charge < -0.3 is 14.2 Å². The lowest BCUT2D eigenvalue weighted by atomic mass is 9.96. The smallest absolute Gasteiger partial charge is 0.360 e. The summed E-state index contributed by atoms with van der Waals surface area (Å²) in [4.78, 5) is 26.2. The maximum atomic E-state index is 12.7. The third-order valence-corrected chi connectivity index (χ3v) is 4.59. The second kappa shape index (κ2) is 7.09. The molecule has 2 heterocycles. The number of amides is 1. The molecule has 1 aliphatic rings. The van der Waals surface area contributed by atoms with Crippen molar-refractivity contribution in [2.75, 3.05) is 13.2 Å². The molecule has 3 rings (SSSR count). The number of aryl methyl sites for hydroxylation is 1. The highest BCUT2D eigenvalue weighted by Crippen LogP contribution is 2.32. The zero-order chi connectivity index (χ0) is 18.0. The van der Waals surface area contributed by atoms with Crippen LogP contribution in [-0.2, 0) is 4.74 Å². The van der Waals surface area contributed by atoms with E-state index in [0.717, 1.165) is 6.42 Å². The summed E-state index contributed by atoms with van der Waals surface area (Å²) in [5.74, 6) is -0.464. The van der Waals surface area contributed by atoms with E-state index >= 15 is 0 Å². The van der Waals surface area contributed by atoms with Gasteiger partial charge in [0.25, 0.3) is 5.91 Å². The molecule has 1 saturated heterocycles. The molecular formula is C19H22N2O4. The first-order valence-corrected chi connectivity index (χ1v) is 8.51. The lowest BCUT2D eigenvalue weighted by Crippen LogP contribution is -2.33. The fourth-order valence-corrected chi connectivity index (χ4v) is 3.21. The molecule has 0 N–H and O–H groups in total. The Morgan fingerprint density at radius 1 is 1.32 bits per heavy atom. The van der Waals surface area contributed by atoms with E-state index in [9.17, 15) is 9.59 Å². The van der Waals surface area contributed by atoms with Crippen LogP contribution in [-0.4, -0.2) is 41.1 Å². The number of benzene rings is 1. The van der Waals surface area contributed by atoms with Crippen LogP contribution in [0.1, 0.15) is 58.4 Å². The number of nitrogens with zero attached hydrogens (tertiary/aromatic N) is 2. The number of ether oxygens (including phenoxy) is 1. The topological polar surface area (TPSA) is 72.6 Å². The van der Waals surface area contributed by atoms with Crippen LogP contribution in [0.3, 0.4) is 0 Å². The van der Waals surface area contributed by atoms with Crippen LogP contribution >= 0.6 is 0 Å². The van der Waals surface area contributed by atoms with Crippen molar-refractivity contribution >= 4 is 11.9 Å². The Morgan fingerprint density at radius 2 is 2.04 bits per heavy atom. The van der Waals surface area contributed by atoms with Gasteiger partial charge in [0.1, 0.15) is 0 Å². The molecule has 0 spiro atoms. The molecule has 132 valence electrons. The van der Waals surface area contributed by atoms with Gasteiger partial charge in [-0.15, -0.1) is 0 Å². The Hall–Kier alpha value is -2.63. The Kier molecular flexibility index (Phi) is 4.88. The highest BCUT2D eigenvalue weighted by atomic mass is 16.5. The quantitative estimate of drug-likeness (QED) is 0.798. The summed E-state index contributed by atoms with van der Waals surface area (Å²) in [6, 6.07) is 9.86. The van der Waals surface area contributed by atoms with Crippen molar-refractivity contribution in [3.63, 3.8) is 0 Å². The van der Waals surface area contributed by atoms with Gasteiger partial charge in [-0.1, -0.05) is 35.0 Å². The molecule has 1 aliphatic heterocycles. The first-order valence-electron chi connectivity index (χ1n) is 8.51. The van der Waals surface area contributed by atoms with E-state index in [0.29, 0.717) is 12.5 Å². The predicted octanol–water partition coefficient (Wildman–Crippen LogP) is 3.18. The maximum absolute atomic E-state index is 12.7. The molecule has 1 amide bonds. The van der Waals surface area contributed by atoms with Gasteiger partial charge in [0.15, 0.2) is 5.69 Å². The van der Waals surface area contributed by atoms with Crippen LogP contribution < -0.4 is 0 Å². The molecule has 25 heavy (non-hydrogen) atoms. The van der Waals surface area contributed by atoms with Gasteiger partial charge in [-0.3, -0.25) is 4.79 Å². The molecule has 1 aromatic heterocycles. The zero-order valence-electron chi connectivity index (χ0n) is 14.7. The third kappa shape index (κ3) is 3.57. The largest absolute Gasteiger partial charge is 0.461 e. The highest BCUT2D eigenvalue weighted by Gasteiger charge is 2.35. The van der Waals surface area contributed by atoms with Crippen molar-refractivity contribution in [1.82, 2.24) is 10.1 Å². The maximum Gasteiger partial charge on any atom is 0.360 e. The predicted molar refractivity (Wildman–Crippen MR) is 91.5 cm³/mol. The van der Waals surface area contributed by atoms with E-state index in [1.54, 1.807) is 11.8 Å². The number of carbonyl (C=O) groups excluding carboxylic acids is 2. The van der Waals surface area contributed by atoms with Crippen LogP contribution in [0.25, 0.3) is 0 Å². The molecule has 2 atom stereocenters. The Labute approximate surface area is 146 Å². The van der Waals surface area contributed by atoms with E-state index in [-0.39, 0.29) is 30.0 Å². The summed E-state index contributed by atoms with van der Waals surface area (Å²) in [7, 11) is 0. The van der Waals surface area contributed by atoms with Gasteiger partial charge >= 0.3 is 5.97 Å². The molecule has 6 heteroatoms. The van der Waals surface area contributed by atoms with E-state index in [4.69, 9.17) is 9.26 Å². The summed E-state index contributed by atoms with van der Waals surface area (Å²) >= 11 is 0. The van der Waals surface area contributed by atoms with Crippen LogP contribution in [0.5, 0.6) is 0 Å². The van der Waals surface area contributed by atoms with E-state index in [1.807, 2.05) is 6.92 Å². The summed E-state index contributed by atoms with van der Waals surface area (Å²) in [6.45, 7) is 6.66. The average Bonchev–Trinajstić information content (AvgIpc) is 3.22. The van der Waals surface area contributed by atoms with Crippen LogP contribution in [0.2, 0.25) is 0 Å². The number of likely N-dealkylation sites (tertiary alicyclic amines) is 1. The van der Waals surface area contributed by atoms with Crippen molar-refractivity contribution < 1.29 is 18.8 Å². The Morgan fingerprint density at radius 3 is 2.72 bits per heavy atom. The van der Waals surface area contributed by atoms with E-state index < -0.39 is 5.97 Å². The number of rotatable bonds is 4. The summed E-state index contributed by atoms with van der Waals surface area (Å²) in [5.41, 5.74) is 2.47. The zero-order valence-corrected chi connectivity index (χ0v) is 14.7. The van der Waals surface area contributed by atoms with Crippen molar-refractivity contribution in [3.05, 3.63) is 52.9 Å². The average molecular weight is 342 g/mol. The summed E-state index contributed by atoms with van der Waals surface area (Å²) in [6.07, 6.45) is 0.896. The molecule has 2 unspecified atom stereocenters. The lowest BCUT2D eigenvalue weighted by molar-refractivity contribution is 0.0513. The van der Waals surface area contributed by atoms with Crippen molar-refractivity contribution in [2.45, 2.75) is 39.2 Å². The van der Waals surface area contributed by atoms with Crippen LogP contribution in [0.4, 0.5) is 0 Å². The standard InChI is InChI=1S/C19H22N2O4/c1-4-24-19(23)16-10-17(25-20-16)18(22)21-11-15(9-13(21)3)14-7-5-12(2)6-8-14/h5-8,10,13,15H,4,9,11H2,1-3H3. The number of carbonyl (C=O) groups is 2. The van der Waals surface area contributed by atoms with Crippen molar-refractivity contribution in [2.24, 2.45) is 0 Å². The van der Waals surface area contributed by atoms with Crippen molar-refractivity contribution in [3.8, 4) is 0 Å². The Balaban J connectivity index is 1.72. The SMILES string of the molecule is CCOC(=O)c1cc(C(=O)N2CC(c3ccc(C)cc3)CC2C)on1. The van der Waals surface area contributed by atoms with Gasteiger partial charge in [-0.25, -0.2) is 4.79 Å². The lowest BCUT2D eigenvalue weighted by Gasteiger charge is -2.19. The number of hydrogen-bond acceptors (Lipinski definition) is 5. The first kappa shape index (κ1) is 17.2. The molecule has 2 aromatic rings. The minimum atomic E-state index is -0.586. The van der Waals surface area contributed by atoms with Crippen LogP contribution in [0.15, 0.2) is 34.9 Å². The molecule has 1 fully saturated rings. The molecule has 1 aromatic carbocycles. The molecular weight excluding hydrogens is 320 g/mol. The summed E-state index contributed by atoms with van der Waals surface area (Å²) in [5, 5.41) is 3.64. The Bertz CT molecular complexity index is 766. The van der Waals surface area contributed by atoms with E-state index in [1.165, 1.54) is 17.2 Å². The van der Waals surface area contributed by atoms with E-state index in [2.05, 4.69) is 36.3 Å². The van der Waals surface area contributed by atoms with Gasteiger partial charge in [0, 0.05) is 24.6 Å². The van der Waals surface area contributed by atoms with Gasteiger partial charge in [0.2, 0.25) is 5.76 Å². The number of hydrogen-bond donors (Lipinski definition) is 0. The number of esters is 1. The van der Waals surface area contributed by atoms with Gasteiger partial charge in [-0.05, 0) is 32.8 Å². The van der Waals surface area contributed by atoms with Crippen molar-refractivity contribution in [1.29, 1.82) is 0 Å². The van der Waals surface area contributed by atoms with Gasteiger partial charge in [0.05, 0.1) is 6.61 Å². The fourth-order valence-electron chi connectivity index (χ4n) is 3.21. The molecule has 0 saturated carbocycles. The second-order valence-corrected chi connectivity index (χ2v) is 6.45. The van der Waals surface area contributed by atoms with Crippen LogP contribution in [0, 0.1) is 6.92 Å². The minimum Gasteiger partial charge on any atom is -0.461 e. The summed E-state index contributed by atoms with van der Waals surface area (Å²) < 4.78 is 9.94. The third-order valence-electron chi connectivity index (χ3n) is 4.59. The molecule has 6 nitrogen and oxygen atoms in total. The normalized spacial score (nSPS) is 19.9. The fraction of sp³-hybridized carbons (Fsp3) is 0.421. The number of aromatic nitrogens is 1. The molecule has 0 bridgehead atoms. The molecule has 0 radical (unpaired) electrons. The second-order valence-electron chi connectivity index (χ2n) is 6.45. The first-order chi connectivity index (χ1) is 12.0. The molecule has 0 aliphatic carbocycles. The van der Waals surface area contributed by atoms with Gasteiger partial charge in [-0.2, -0.15) is 0 Å². The minimum absolute atomic E-state index is 0.0205. The highest BCUT2D eigenvalue weighted by molar-refractivity contribution is 5.95. The monoisotopic (exact) mass is 342 g/mol.